The van der Waals surface area contributed by atoms with Crippen LogP contribution in [0.15, 0.2) is 41.8 Å². The van der Waals surface area contributed by atoms with Crippen molar-refractivity contribution >= 4 is 17.2 Å². The number of carbonyl (C=O) groups is 1. The minimum absolute atomic E-state index is 0.0530. The van der Waals surface area contributed by atoms with Crippen molar-refractivity contribution in [2.75, 3.05) is 0 Å². The van der Waals surface area contributed by atoms with E-state index in [1.165, 1.54) is 12.1 Å². The van der Waals surface area contributed by atoms with E-state index in [4.69, 9.17) is 5.73 Å². The second kappa shape index (κ2) is 4.75. The number of carbonyl (C=O) groups excluding carboxylic acids is 1. The summed E-state index contributed by atoms with van der Waals surface area (Å²) in [6.45, 7) is 0.468. The molecule has 0 aliphatic carbocycles. The molecule has 5 heteroatoms. The molecular weight excluding hydrogens is 263 g/mol. The number of nitrogens with zero attached hydrogens (tertiary/aromatic N) is 1. The lowest BCUT2D eigenvalue weighted by Crippen LogP contribution is -2.62. The van der Waals surface area contributed by atoms with Crippen molar-refractivity contribution < 1.29 is 9.18 Å². The first-order valence-corrected chi connectivity index (χ1v) is 6.88. The lowest BCUT2D eigenvalue weighted by Gasteiger charge is -2.45. The molecule has 0 spiro atoms. The molecule has 2 aromatic rings. The molecule has 2 heterocycles. The van der Waals surface area contributed by atoms with Crippen LogP contribution in [0.5, 0.6) is 0 Å². The summed E-state index contributed by atoms with van der Waals surface area (Å²) in [6, 6.07) is 9.61. The van der Waals surface area contributed by atoms with Crippen LogP contribution in [-0.4, -0.2) is 16.8 Å². The maximum atomic E-state index is 12.9. The standard InChI is InChI=1S/C14H13FN2OS/c15-10-5-3-9(4-6-10)8-17-13(12(16)14(17)18)11-2-1-7-19-11/h1-7,12-13H,8,16H2/t12-,13-/m1/s1. The van der Waals surface area contributed by atoms with Crippen LogP contribution >= 0.6 is 11.3 Å². The normalized spacial score (nSPS) is 22.4. The molecule has 1 aromatic carbocycles. The van der Waals surface area contributed by atoms with Gasteiger partial charge < -0.3 is 10.6 Å². The van der Waals surface area contributed by atoms with E-state index in [1.807, 2.05) is 17.5 Å². The van der Waals surface area contributed by atoms with E-state index in [0.29, 0.717) is 6.54 Å². The van der Waals surface area contributed by atoms with Gasteiger partial charge in [-0.15, -0.1) is 11.3 Å². The Hall–Kier alpha value is -1.72. The molecule has 2 N–H and O–H groups in total. The second-order valence-corrected chi connectivity index (χ2v) is 5.56. The molecule has 0 saturated carbocycles. The number of halogens is 1. The van der Waals surface area contributed by atoms with Crippen molar-refractivity contribution in [2.45, 2.75) is 18.6 Å². The molecular formula is C14H13FN2OS. The van der Waals surface area contributed by atoms with Crippen LogP contribution in [0.2, 0.25) is 0 Å². The molecule has 19 heavy (non-hydrogen) atoms. The van der Waals surface area contributed by atoms with Gasteiger partial charge >= 0.3 is 0 Å². The minimum Gasteiger partial charge on any atom is -0.327 e. The average molecular weight is 276 g/mol. The van der Waals surface area contributed by atoms with Crippen molar-refractivity contribution in [3.63, 3.8) is 0 Å². The SMILES string of the molecule is N[C@H]1C(=O)N(Cc2ccc(F)cc2)[C@@H]1c1cccs1. The number of amides is 1. The van der Waals surface area contributed by atoms with Crippen molar-refractivity contribution in [2.24, 2.45) is 5.73 Å². The van der Waals surface area contributed by atoms with Crippen LogP contribution < -0.4 is 5.73 Å². The molecule has 1 saturated heterocycles. The van der Waals surface area contributed by atoms with Gasteiger partial charge in [-0.05, 0) is 29.1 Å². The summed E-state index contributed by atoms with van der Waals surface area (Å²) in [7, 11) is 0. The molecule has 0 radical (unpaired) electrons. The van der Waals surface area contributed by atoms with Gasteiger partial charge in [0.05, 0.1) is 6.04 Å². The van der Waals surface area contributed by atoms with Crippen molar-refractivity contribution in [3.8, 4) is 0 Å². The Morgan fingerprint density at radius 1 is 1.26 bits per heavy atom. The topological polar surface area (TPSA) is 46.3 Å². The van der Waals surface area contributed by atoms with Crippen molar-refractivity contribution in [1.82, 2.24) is 4.90 Å². The van der Waals surface area contributed by atoms with Gasteiger partial charge in [0.2, 0.25) is 5.91 Å². The van der Waals surface area contributed by atoms with Crippen LogP contribution in [0, 0.1) is 5.82 Å². The summed E-state index contributed by atoms with van der Waals surface area (Å²) in [6.07, 6.45) is 0. The first-order valence-electron chi connectivity index (χ1n) is 6.01. The largest absolute Gasteiger partial charge is 0.327 e. The maximum Gasteiger partial charge on any atom is 0.242 e. The number of nitrogens with two attached hydrogens (primary N) is 1. The van der Waals surface area contributed by atoms with Crippen LogP contribution in [0.25, 0.3) is 0 Å². The van der Waals surface area contributed by atoms with E-state index < -0.39 is 6.04 Å². The third-order valence-electron chi connectivity index (χ3n) is 3.35. The van der Waals surface area contributed by atoms with Gasteiger partial charge in [-0.1, -0.05) is 18.2 Å². The fraction of sp³-hybridized carbons (Fsp3) is 0.214. The van der Waals surface area contributed by atoms with Gasteiger partial charge in [0.15, 0.2) is 0 Å². The molecule has 1 aliphatic heterocycles. The van der Waals surface area contributed by atoms with Gasteiger partial charge in [0, 0.05) is 11.4 Å². The second-order valence-electron chi connectivity index (χ2n) is 4.58. The molecule has 3 nitrogen and oxygen atoms in total. The van der Waals surface area contributed by atoms with Gasteiger partial charge in [0.25, 0.3) is 0 Å². The Morgan fingerprint density at radius 3 is 2.63 bits per heavy atom. The van der Waals surface area contributed by atoms with Gasteiger partial charge in [-0.25, -0.2) is 4.39 Å². The highest BCUT2D eigenvalue weighted by atomic mass is 32.1. The molecule has 1 fully saturated rings. The highest BCUT2D eigenvalue weighted by Crippen LogP contribution is 2.37. The smallest absolute Gasteiger partial charge is 0.242 e. The third-order valence-corrected chi connectivity index (χ3v) is 4.29. The summed E-state index contributed by atoms with van der Waals surface area (Å²) < 4.78 is 12.9. The summed E-state index contributed by atoms with van der Waals surface area (Å²) >= 11 is 1.60. The van der Waals surface area contributed by atoms with Crippen molar-refractivity contribution in [1.29, 1.82) is 0 Å². The lowest BCUT2D eigenvalue weighted by molar-refractivity contribution is -0.150. The average Bonchev–Trinajstić information content (AvgIpc) is 2.93. The highest BCUT2D eigenvalue weighted by molar-refractivity contribution is 7.10. The minimum atomic E-state index is -0.459. The van der Waals surface area contributed by atoms with Crippen molar-refractivity contribution in [3.05, 3.63) is 58.0 Å². The number of benzene rings is 1. The quantitative estimate of drug-likeness (QED) is 0.874. The Balaban J connectivity index is 1.79. The van der Waals surface area contributed by atoms with Gasteiger partial charge in [0.1, 0.15) is 11.9 Å². The van der Waals surface area contributed by atoms with Gasteiger partial charge in [-0.3, -0.25) is 4.79 Å². The van der Waals surface area contributed by atoms with Crippen LogP contribution in [0.1, 0.15) is 16.5 Å². The first-order chi connectivity index (χ1) is 9.16. The Labute approximate surface area is 114 Å². The summed E-state index contributed by atoms with van der Waals surface area (Å²) in [5.41, 5.74) is 6.79. The van der Waals surface area contributed by atoms with E-state index in [9.17, 15) is 9.18 Å². The Kier molecular flexibility index (Phi) is 3.08. The number of thiophene rings is 1. The lowest BCUT2D eigenvalue weighted by atomic mass is 9.93. The van der Waals surface area contributed by atoms with E-state index in [1.54, 1.807) is 28.4 Å². The number of β-lactam (4-membered cyclic amide) rings is 1. The molecule has 3 rings (SSSR count). The van der Waals surface area contributed by atoms with Crippen LogP contribution in [-0.2, 0) is 11.3 Å². The molecule has 1 aliphatic rings. The zero-order valence-corrected chi connectivity index (χ0v) is 10.9. The molecule has 1 amide bonds. The maximum absolute atomic E-state index is 12.9. The van der Waals surface area contributed by atoms with Gasteiger partial charge in [-0.2, -0.15) is 0 Å². The zero-order valence-electron chi connectivity index (χ0n) is 10.1. The predicted octanol–water partition coefficient (Wildman–Crippen LogP) is 2.30. The zero-order chi connectivity index (χ0) is 13.4. The number of hydrogen-bond donors (Lipinski definition) is 1. The molecule has 1 aromatic heterocycles. The fourth-order valence-corrected chi connectivity index (χ4v) is 3.21. The monoisotopic (exact) mass is 276 g/mol. The number of rotatable bonds is 3. The van der Waals surface area contributed by atoms with Crippen LogP contribution in [0.4, 0.5) is 4.39 Å². The third kappa shape index (κ3) is 2.15. The number of likely N-dealkylation sites (tertiary alicyclic amines) is 1. The Morgan fingerprint density at radius 2 is 2.00 bits per heavy atom. The molecule has 98 valence electrons. The Bertz CT molecular complexity index is 582. The summed E-state index contributed by atoms with van der Waals surface area (Å²) in [5, 5.41) is 1.97. The molecule has 2 atom stereocenters. The fourth-order valence-electron chi connectivity index (χ4n) is 2.33. The van der Waals surface area contributed by atoms with E-state index in [0.717, 1.165) is 10.4 Å². The highest BCUT2D eigenvalue weighted by Gasteiger charge is 2.45. The van der Waals surface area contributed by atoms with E-state index in [2.05, 4.69) is 0 Å². The molecule has 0 unspecified atom stereocenters. The summed E-state index contributed by atoms with van der Waals surface area (Å²) in [4.78, 5) is 14.7. The van der Waals surface area contributed by atoms with E-state index >= 15 is 0 Å². The number of hydrogen-bond acceptors (Lipinski definition) is 3. The van der Waals surface area contributed by atoms with Crippen LogP contribution in [0.3, 0.4) is 0 Å². The summed E-state index contributed by atoms with van der Waals surface area (Å²) in [5.74, 6) is -0.326. The predicted molar refractivity (Wildman–Crippen MR) is 72.0 cm³/mol. The van der Waals surface area contributed by atoms with E-state index in [-0.39, 0.29) is 17.8 Å². The first kappa shape index (κ1) is 12.3. The molecule has 0 bridgehead atoms.